The first-order chi connectivity index (χ1) is 5.61. The molecule has 1 aliphatic rings. The van der Waals surface area contributed by atoms with Gasteiger partial charge in [-0.25, -0.2) is 4.79 Å². The molecule has 0 N–H and O–H groups in total. The summed E-state index contributed by atoms with van der Waals surface area (Å²) in [5.41, 5.74) is 0. The molecule has 12 heavy (non-hydrogen) atoms. The van der Waals surface area contributed by atoms with E-state index in [1.165, 1.54) is 0 Å². The van der Waals surface area contributed by atoms with Gasteiger partial charge in [0.25, 0.3) is 6.10 Å². The van der Waals surface area contributed by atoms with Crippen molar-refractivity contribution in [2.24, 2.45) is 4.99 Å². The number of amides is 1. The van der Waals surface area contributed by atoms with E-state index in [2.05, 4.69) is 9.73 Å². The monoisotopic (exact) mass is 171 g/mol. The third kappa shape index (κ3) is 1.81. The van der Waals surface area contributed by atoms with Crippen LogP contribution < -0.4 is 0 Å². The molecule has 0 saturated heterocycles. The molecule has 0 aromatic carbocycles. The van der Waals surface area contributed by atoms with Crippen LogP contribution in [-0.4, -0.2) is 30.5 Å². The van der Waals surface area contributed by atoms with E-state index >= 15 is 0 Å². The van der Waals surface area contributed by atoms with Crippen LogP contribution in [-0.2, 0) is 19.1 Å². The predicted molar refractivity (Wildman–Crippen MR) is 39.6 cm³/mol. The molecule has 1 atom stereocenters. The van der Waals surface area contributed by atoms with Gasteiger partial charge in [0.05, 0.1) is 6.10 Å². The zero-order chi connectivity index (χ0) is 9.14. The van der Waals surface area contributed by atoms with Gasteiger partial charge in [-0.15, -0.1) is 0 Å². The van der Waals surface area contributed by atoms with Crippen LogP contribution in [0, 0.1) is 0 Å². The second-order valence-corrected chi connectivity index (χ2v) is 2.57. The third-order valence-electron chi connectivity index (χ3n) is 1.17. The lowest BCUT2D eigenvalue weighted by molar-refractivity contribution is -0.158. The van der Waals surface area contributed by atoms with Crippen molar-refractivity contribution in [3.63, 3.8) is 0 Å². The number of esters is 1. The molecule has 1 aliphatic heterocycles. The Morgan fingerprint density at radius 1 is 1.75 bits per heavy atom. The molecule has 1 heterocycles. The summed E-state index contributed by atoms with van der Waals surface area (Å²) in [7, 11) is 0. The van der Waals surface area contributed by atoms with Crippen LogP contribution in [0.2, 0.25) is 0 Å². The quantitative estimate of drug-likeness (QED) is 0.429. The summed E-state index contributed by atoms with van der Waals surface area (Å²) < 4.78 is 9.35. The molecule has 0 aliphatic carbocycles. The van der Waals surface area contributed by atoms with Crippen LogP contribution in [0.1, 0.15) is 13.8 Å². The van der Waals surface area contributed by atoms with Gasteiger partial charge >= 0.3 is 11.9 Å². The van der Waals surface area contributed by atoms with Crippen molar-refractivity contribution in [1.82, 2.24) is 0 Å². The molecule has 5 heteroatoms. The van der Waals surface area contributed by atoms with E-state index in [-0.39, 0.29) is 6.10 Å². The van der Waals surface area contributed by atoms with Gasteiger partial charge in [0.15, 0.2) is 6.40 Å². The van der Waals surface area contributed by atoms with E-state index in [1.54, 1.807) is 13.8 Å². The Bertz CT molecular complexity index is 234. The largest absolute Gasteiger partial charge is 0.460 e. The summed E-state index contributed by atoms with van der Waals surface area (Å²) in [6, 6.07) is 0. The molecule has 0 saturated carbocycles. The normalized spacial score (nSPS) is 21.2. The number of rotatable bonds is 2. The second kappa shape index (κ2) is 3.34. The fraction of sp³-hybridized carbons (Fsp3) is 0.571. The van der Waals surface area contributed by atoms with Crippen molar-refractivity contribution in [3.8, 4) is 0 Å². The van der Waals surface area contributed by atoms with Gasteiger partial charge in [0.1, 0.15) is 0 Å². The van der Waals surface area contributed by atoms with Crippen LogP contribution in [0.4, 0.5) is 0 Å². The lowest BCUT2D eigenvalue weighted by atomic mass is 10.3. The van der Waals surface area contributed by atoms with E-state index in [4.69, 9.17) is 4.74 Å². The summed E-state index contributed by atoms with van der Waals surface area (Å²) in [4.78, 5) is 25.1. The summed E-state index contributed by atoms with van der Waals surface area (Å²) in [5, 5.41) is 0. The first-order valence-corrected chi connectivity index (χ1v) is 3.53. The molecule has 1 rings (SSSR count). The summed E-state index contributed by atoms with van der Waals surface area (Å²) in [5.74, 6) is -1.30. The summed E-state index contributed by atoms with van der Waals surface area (Å²) in [6.45, 7) is 3.39. The average Bonchev–Trinajstić information content (AvgIpc) is 2.33. The van der Waals surface area contributed by atoms with E-state index in [0.717, 1.165) is 6.40 Å². The Labute approximate surface area is 69.4 Å². The number of nitrogens with zero attached hydrogens (tertiary/aromatic N) is 1. The molecule has 66 valence electrons. The van der Waals surface area contributed by atoms with Crippen molar-refractivity contribution in [2.75, 3.05) is 0 Å². The Morgan fingerprint density at radius 2 is 2.42 bits per heavy atom. The molecule has 0 spiro atoms. The maximum absolute atomic E-state index is 11.0. The van der Waals surface area contributed by atoms with E-state index < -0.39 is 18.0 Å². The fourth-order valence-corrected chi connectivity index (χ4v) is 0.720. The van der Waals surface area contributed by atoms with Crippen molar-refractivity contribution in [2.45, 2.75) is 26.1 Å². The molecular weight excluding hydrogens is 162 g/mol. The minimum atomic E-state index is -1.19. The SMILES string of the molecule is CC(C)OC(=O)[C@@H]1OC=NC1=O. The Balaban J connectivity index is 2.49. The first-order valence-electron chi connectivity index (χ1n) is 3.53. The zero-order valence-electron chi connectivity index (χ0n) is 6.81. The molecule has 0 aromatic heterocycles. The van der Waals surface area contributed by atoms with Crippen LogP contribution in [0.25, 0.3) is 0 Å². The molecule has 0 unspecified atom stereocenters. The van der Waals surface area contributed by atoms with Crippen molar-refractivity contribution >= 4 is 18.3 Å². The van der Waals surface area contributed by atoms with Crippen molar-refractivity contribution in [3.05, 3.63) is 0 Å². The van der Waals surface area contributed by atoms with Gasteiger partial charge in [0, 0.05) is 0 Å². The lowest BCUT2D eigenvalue weighted by Gasteiger charge is -2.10. The molecule has 0 radical (unpaired) electrons. The zero-order valence-corrected chi connectivity index (χ0v) is 6.81. The molecular formula is C7H9NO4. The predicted octanol–water partition coefficient (Wildman–Crippen LogP) is -0.108. The number of aliphatic imine (C=N–C) groups is 1. The molecule has 0 fully saturated rings. The fourth-order valence-electron chi connectivity index (χ4n) is 0.720. The van der Waals surface area contributed by atoms with Gasteiger partial charge in [0.2, 0.25) is 0 Å². The van der Waals surface area contributed by atoms with Crippen molar-refractivity contribution in [1.29, 1.82) is 0 Å². The maximum Gasteiger partial charge on any atom is 0.357 e. The Kier molecular flexibility index (Phi) is 2.42. The van der Waals surface area contributed by atoms with Crippen molar-refractivity contribution < 1.29 is 19.1 Å². The molecule has 0 aromatic rings. The van der Waals surface area contributed by atoms with Crippen LogP contribution in [0.15, 0.2) is 4.99 Å². The first kappa shape index (κ1) is 8.70. The van der Waals surface area contributed by atoms with Gasteiger partial charge in [-0.05, 0) is 13.8 Å². The molecule has 5 nitrogen and oxygen atoms in total. The van der Waals surface area contributed by atoms with E-state index in [0.29, 0.717) is 0 Å². The van der Waals surface area contributed by atoms with Gasteiger partial charge in [-0.3, -0.25) is 4.79 Å². The van der Waals surface area contributed by atoms with Crippen LogP contribution in [0.3, 0.4) is 0 Å². The van der Waals surface area contributed by atoms with Crippen LogP contribution in [0.5, 0.6) is 0 Å². The number of hydrogen-bond donors (Lipinski definition) is 0. The highest BCUT2D eigenvalue weighted by Gasteiger charge is 2.33. The Hall–Kier alpha value is -1.39. The van der Waals surface area contributed by atoms with Gasteiger partial charge < -0.3 is 9.47 Å². The van der Waals surface area contributed by atoms with Gasteiger partial charge in [-0.2, -0.15) is 4.99 Å². The highest BCUT2D eigenvalue weighted by molar-refractivity contribution is 6.06. The second-order valence-electron chi connectivity index (χ2n) is 2.57. The highest BCUT2D eigenvalue weighted by Crippen LogP contribution is 2.04. The summed E-state index contributed by atoms with van der Waals surface area (Å²) in [6.07, 6.45) is -0.490. The van der Waals surface area contributed by atoms with E-state index in [9.17, 15) is 9.59 Å². The maximum atomic E-state index is 11.0. The lowest BCUT2D eigenvalue weighted by Crippen LogP contribution is -2.31. The number of ether oxygens (including phenoxy) is 2. The van der Waals surface area contributed by atoms with Gasteiger partial charge in [-0.1, -0.05) is 0 Å². The third-order valence-corrected chi connectivity index (χ3v) is 1.17. The molecule has 0 bridgehead atoms. The minimum absolute atomic E-state index is 0.255. The number of hydrogen-bond acceptors (Lipinski definition) is 4. The van der Waals surface area contributed by atoms with Crippen LogP contribution >= 0.6 is 0 Å². The van der Waals surface area contributed by atoms with E-state index in [1.807, 2.05) is 0 Å². The Morgan fingerprint density at radius 3 is 2.83 bits per heavy atom. The average molecular weight is 171 g/mol. The standard InChI is InChI=1S/C7H9NO4/c1-4(2)12-7(10)5-6(9)8-3-11-5/h3-5H,1-2H3/t5-/m1/s1. The smallest absolute Gasteiger partial charge is 0.357 e. The number of carbonyl (C=O) groups excluding carboxylic acids is 2. The summed E-state index contributed by atoms with van der Waals surface area (Å²) >= 11 is 0. The highest BCUT2D eigenvalue weighted by atomic mass is 16.6. The number of carbonyl (C=O) groups is 2. The minimum Gasteiger partial charge on any atom is -0.460 e. The topological polar surface area (TPSA) is 65.0 Å². The molecule has 1 amide bonds.